The predicted octanol–water partition coefficient (Wildman–Crippen LogP) is 2.45. The normalized spacial score (nSPS) is 17.2. The van der Waals surface area contributed by atoms with Crippen LogP contribution in [0.15, 0.2) is 23.8 Å². The molecule has 0 aliphatic carbocycles. The monoisotopic (exact) mass is 391 g/mol. The van der Waals surface area contributed by atoms with Gasteiger partial charge in [-0.1, -0.05) is 0 Å². The van der Waals surface area contributed by atoms with E-state index in [2.05, 4.69) is 20.7 Å². The van der Waals surface area contributed by atoms with E-state index >= 15 is 0 Å². The van der Waals surface area contributed by atoms with Gasteiger partial charge < -0.3 is 10.6 Å². The van der Waals surface area contributed by atoms with E-state index in [0.717, 1.165) is 36.6 Å². The minimum atomic E-state index is -0.602. The maximum absolute atomic E-state index is 13.0. The van der Waals surface area contributed by atoms with E-state index in [1.165, 1.54) is 0 Å². The molecule has 3 rings (SSSR count). The number of hydrogen-bond donors (Lipinski definition) is 2. The molecule has 1 saturated heterocycles. The molecule has 3 heterocycles. The molecule has 6 nitrogen and oxygen atoms in total. The maximum Gasteiger partial charge on any atom is 0.248 e. The van der Waals surface area contributed by atoms with E-state index in [4.69, 9.17) is 0 Å². The number of carbonyl (C=O) groups excluding carboxylic acids is 1. The molecule has 2 N–H and O–H groups in total. The average molecular weight is 392 g/mol. The first-order chi connectivity index (χ1) is 10.6. The lowest BCUT2D eigenvalue weighted by Gasteiger charge is -2.37. The number of halogens is 2. The third-order valence-electron chi connectivity index (χ3n) is 4.15. The zero-order valence-electron chi connectivity index (χ0n) is 13.7. The first-order valence-electron chi connectivity index (χ1n) is 7.56. The minimum absolute atomic E-state index is 0. The smallest absolute Gasteiger partial charge is 0.248 e. The molecule has 134 valence electrons. The standard InChI is InChI=1S/C15H21N5OS.2ClH/c1-11-10-22-13(18-11)12(2)19-14(21)15(4-7-16-8-5-15)20-9-3-6-17-20;;/h3,6,9-10,12,16H,4-5,7-8H2,1-2H3,(H,19,21);2*1H. The SMILES string of the molecule is Cc1csc(C(C)NC(=O)C2(n3cccn3)CCNCC2)n1.Cl.Cl. The predicted molar refractivity (Wildman–Crippen MR) is 100 cm³/mol. The number of thiazole rings is 1. The van der Waals surface area contributed by atoms with Gasteiger partial charge >= 0.3 is 0 Å². The van der Waals surface area contributed by atoms with Gasteiger partial charge in [0.15, 0.2) is 0 Å². The number of carbonyl (C=O) groups is 1. The summed E-state index contributed by atoms with van der Waals surface area (Å²) < 4.78 is 1.81. The lowest BCUT2D eigenvalue weighted by Crippen LogP contribution is -2.55. The van der Waals surface area contributed by atoms with Crippen molar-refractivity contribution in [1.29, 1.82) is 0 Å². The second kappa shape index (κ2) is 8.80. The van der Waals surface area contributed by atoms with Gasteiger partial charge in [0.1, 0.15) is 10.5 Å². The van der Waals surface area contributed by atoms with Gasteiger partial charge in [-0.15, -0.1) is 36.2 Å². The van der Waals surface area contributed by atoms with E-state index in [1.807, 2.05) is 36.2 Å². The molecule has 9 heteroatoms. The van der Waals surface area contributed by atoms with Gasteiger partial charge in [0, 0.05) is 23.5 Å². The van der Waals surface area contributed by atoms with Crippen molar-refractivity contribution in [3.8, 4) is 0 Å². The lowest BCUT2D eigenvalue weighted by molar-refractivity contribution is -0.132. The fraction of sp³-hybridized carbons (Fsp3) is 0.533. The summed E-state index contributed by atoms with van der Waals surface area (Å²) in [7, 11) is 0. The van der Waals surface area contributed by atoms with E-state index in [-0.39, 0.29) is 36.8 Å². The molecule has 2 aromatic heterocycles. The molecule has 0 spiro atoms. The highest BCUT2D eigenvalue weighted by atomic mass is 35.5. The minimum Gasteiger partial charge on any atom is -0.345 e. The fourth-order valence-electron chi connectivity index (χ4n) is 2.89. The average Bonchev–Trinajstić information content (AvgIpc) is 3.19. The Morgan fingerprint density at radius 1 is 1.42 bits per heavy atom. The second-order valence-corrected chi connectivity index (χ2v) is 6.64. The molecule has 0 radical (unpaired) electrons. The molecule has 0 saturated carbocycles. The van der Waals surface area contributed by atoms with Crippen LogP contribution in [0, 0.1) is 6.92 Å². The second-order valence-electron chi connectivity index (χ2n) is 5.75. The summed E-state index contributed by atoms with van der Waals surface area (Å²) in [6.45, 7) is 5.58. The van der Waals surface area contributed by atoms with Gasteiger partial charge in [-0.3, -0.25) is 9.48 Å². The maximum atomic E-state index is 13.0. The van der Waals surface area contributed by atoms with Crippen molar-refractivity contribution in [2.24, 2.45) is 0 Å². The molecule has 0 bridgehead atoms. The highest BCUT2D eigenvalue weighted by Gasteiger charge is 2.42. The largest absolute Gasteiger partial charge is 0.345 e. The Morgan fingerprint density at radius 2 is 2.12 bits per heavy atom. The number of aromatic nitrogens is 3. The summed E-state index contributed by atoms with van der Waals surface area (Å²) in [4.78, 5) is 17.4. The third-order valence-corrected chi connectivity index (χ3v) is 5.30. The summed E-state index contributed by atoms with van der Waals surface area (Å²) in [5, 5.41) is 13.7. The van der Waals surface area contributed by atoms with Crippen molar-refractivity contribution in [3.05, 3.63) is 34.5 Å². The summed E-state index contributed by atoms with van der Waals surface area (Å²) in [6, 6.07) is 1.78. The molecule has 1 aliphatic heterocycles. The highest BCUT2D eigenvalue weighted by Crippen LogP contribution is 2.28. The Balaban J connectivity index is 0.00000144. The Hall–Kier alpha value is -1.15. The van der Waals surface area contributed by atoms with Crippen LogP contribution in [0.3, 0.4) is 0 Å². The van der Waals surface area contributed by atoms with E-state index < -0.39 is 5.54 Å². The van der Waals surface area contributed by atoms with Crippen molar-refractivity contribution in [3.63, 3.8) is 0 Å². The van der Waals surface area contributed by atoms with E-state index in [1.54, 1.807) is 17.5 Å². The molecule has 1 fully saturated rings. The molecule has 24 heavy (non-hydrogen) atoms. The molecule has 1 atom stereocenters. The van der Waals surface area contributed by atoms with Crippen molar-refractivity contribution in [2.75, 3.05) is 13.1 Å². The molecule has 1 unspecified atom stereocenters. The van der Waals surface area contributed by atoms with Crippen LogP contribution in [0.4, 0.5) is 0 Å². The quantitative estimate of drug-likeness (QED) is 0.839. The number of aryl methyl sites for hydroxylation is 1. The number of nitrogens with one attached hydrogen (secondary N) is 2. The van der Waals surface area contributed by atoms with Gasteiger partial charge in [-0.05, 0) is 45.8 Å². The van der Waals surface area contributed by atoms with Crippen LogP contribution in [0.25, 0.3) is 0 Å². The number of nitrogens with zero attached hydrogens (tertiary/aromatic N) is 3. The summed E-state index contributed by atoms with van der Waals surface area (Å²) in [5.41, 5.74) is 0.389. The summed E-state index contributed by atoms with van der Waals surface area (Å²) in [6.07, 6.45) is 5.09. The molecule has 1 aliphatic rings. The van der Waals surface area contributed by atoms with Crippen LogP contribution in [-0.2, 0) is 10.3 Å². The number of amides is 1. The van der Waals surface area contributed by atoms with Crippen LogP contribution in [0.2, 0.25) is 0 Å². The third kappa shape index (κ3) is 4.08. The van der Waals surface area contributed by atoms with Gasteiger partial charge in [0.2, 0.25) is 5.91 Å². The first-order valence-corrected chi connectivity index (χ1v) is 8.44. The van der Waals surface area contributed by atoms with E-state index in [0.29, 0.717) is 0 Å². The van der Waals surface area contributed by atoms with Crippen LogP contribution >= 0.6 is 36.2 Å². The highest BCUT2D eigenvalue weighted by molar-refractivity contribution is 7.09. The van der Waals surface area contributed by atoms with Crippen molar-refractivity contribution in [2.45, 2.75) is 38.3 Å². The van der Waals surface area contributed by atoms with Crippen LogP contribution in [0.1, 0.15) is 36.5 Å². The molecule has 1 amide bonds. The molecular formula is C15H23Cl2N5OS. The van der Waals surface area contributed by atoms with Gasteiger partial charge in [0.25, 0.3) is 0 Å². The van der Waals surface area contributed by atoms with Crippen molar-refractivity contribution < 1.29 is 4.79 Å². The lowest BCUT2D eigenvalue weighted by atomic mass is 9.87. The first kappa shape index (κ1) is 20.9. The topological polar surface area (TPSA) is 71.8 Å². The Bertz CT molecular complexity index is 640. The number of rotatable bonds is 4. The Kier molecular flexibility index (Phi) is 7.66. The number of piperidine rings is 1. The van der Waals surface area contributed by atoms with Crippen LogP contribution < -0.4 is 10.6 Å². The van der Waals surface area contributed by atoms with Crippen LogP contribution in [-0.4, -0.2) is 33.8 Å². The van der Waals surface area contributed by atoms with Gasteiger partial charge in [0.05, 0.1) is 6.04 Å². The fourth-order valence-corrected chi connectivity index (χ4v) is 3.69. The molecule has 0 aromatic carbocycles. The Morgan fingerprint density at radius 3 is 2.67 bits per heavy atom. The zero-order chi connectivity index (χ0) is 15.6. The molecule has 2 aromatic rings. The van der Waals surface area contributed by atoms with Crippen molar-refractivity contribution in [1.82, 2.24) is 25.4 Å². The van der Waals surface area contributed by atoms with Crippen molar-refractivity contribution >= 4 is 42.1 Å². The van der Waals surface area contributed by atoms with E-state index in [9.17, 15) is 4.79 Å². The van der Waals surface area contributed by atoms with Gasteiger partial charge in [-0.2, -0.15) is 5.10 Å². The summed E-state index contributed by atoms with van der Waals surface area (Å²) >= 11 is 1.58. The van der Waals surface area contributed by atoms with Gasteiger partial charge in [-0.25, -0.2) is 4.98 Å². The molecular weight excluding hydrogens is 369 g/mol. The Labute approximate surface area is 158 Å². The zero-order valence-corrected chi connectivity index (χ0v) is 16.1. The summed E-state index contributed by atoms with van der Waals surface area (Å²) in [5.74, 6) is 0.0260. The van der Waals surface area contributed by atoms with Crippen LogP contribution in [0.5, 0.6) is 0 Å². The number of hydrogen-bond acceptors (Lipinski definition) is 5.